The van der Waals surface area contributed by atoms with Crippen molar-refractivity contribution in [1.29, 1.82) is 0 Å². The van der Waals surface area contributed by atoms with Gasteiger partial charge in [-0.15, -0.1) is 5.10 Å². The number of hydrogen-bond acceptors (Lipinski definition) is 7. The molecule has 0 aliphatic carbocycles. The number of pyridine rings is 1. The van der Waals surface area contributed by atoms with Gasteiger partial charge in [0.15, 0.2) is 5.84 Å². The highest BCUT2D eigenvalue weighted by Gasteiger charge is 2.32. The van der Waals surface area contributed by atoms with E-state index in [1.165, 1.54) is 31.3 Å². The van der Waals surface area contributed by atoms with Gasteiger partial charge in [0, 0.05) is 5.56 Å². The molecule has 0 aliphatic heterocycles. The number of anilines is 2. The van der Waals surface area contributed by atoms with E-state index in [9.17, 15) is 13.2 Å². The summed E-state index contributed by atoms with van der Waals surface area (Å²) in [5, 5.41) is 21.9. The zero-order valence-electron chi connectivity index (χ0n) is 13.8. The highest BCUT2D eigenvalue weighted by atomic mass is 19.4. The number of alkyl halides is 3. The van der Waals surface area contributed by atoms with Crippen LogP contribution in [-0.2, 0) is 6.18 Å². The molecular formula is C16H13F3N6O2. The van der Waals surface area contributed by atoms with Crippen molar-refractivity contribution in [2.24, 2.45) is 10.9 Å². The lowest BCUT2D eigenvalue weighted by Gasteiger charge is -2.10. The Labute approximate surface area is 150 Å². The number of amidine groups is 1. The van der Waals surface area contributed by atoms with Crippen LogP contribution >= 0.6 is 0 Å². The first kappa shape index (κ1) is 18.2. The summed E-state index contributed by atoms with van der Waals surface area (Å²) in [6.45, 7) is 1.36. The maximum atomic E-state index is 12.8. The van der Waals surface area contributed by atoms with Crippen LogP contribution in [0.5, 0.6) is 0 Å². The molecule has 1 aromatic carbocycles. The van der Waals surface area contributed by atoms with Crippen LogP contribution < -0.4 is 11.1 Å². The summed E-state index contributed by atoms with van der Waals surface area (Å²) < 4.78 is 43.9. The molecule has 0 amide bonds. The molecule has 0 fully saturated rings. The normalized spacial score (nSPS) is 12.2. The van der Waals surface area contributed by atoms with E-state index in [2.05, 4.69) is 25.7 Å². The molecule has 0 bridgehead atoms. The zero-order chi connectivity index (χ0) is 19.6. The first-order valence-electron chi connectivity index (χ1n) is 7.50. The molecule has 0 aliphatic rings. The zero-order valence-corrected chi connectivity index (χ0v) is 13.8. The minimum atomic E-state index is -4.42. The molecule has 2 aromatic heterocycles. The number of halogens is 3. The summed E-state index contributed by atoms with van der Waals surface area (Å²) in [6, 6.07) is 6.69. The van der Waals surface area contributed by atoms with Crippen molar-refractivity contribution >= 4 is 17.5 Å². The lowest BCUT2D eigenvalue weighted by atomic mass is 10.0. The number of oxime groups is 1. The summed E-state index contributed by atoms with van der Waals surface area (Å²) in [5.41, 5.74) is 5.87. The SMILES string of the molecule is Cc1cc(-c2nnc(Nc3ccc(C(N)=NO)nc3)o2)ccc1C(F)(F)F. The quantitative estimate of drug-likeness (QED) is 0.275. The highest BCUT2D eigenvalue weighted by molar-refractivity contribution is 5.95. The third kappa shape index (κ3) is 3.97. The van der Waals surface area contributed by atoms with Crippen molar-refractivity contribution in [2.45, 2.75) is 13.1 Å². The third-order valence-electron chi connectivity index (χ3n) is 3.59. The van der Waals surface area contributed by atoms with E-state index in [1.54, 1.807) is 6.07 Å². The molecule has 140 valence electrons. The van der Waals surface area contributed by atoms with E-state index in [4.69, 9.17) is 15.4 Å². The molecule has 0 spiro atoms. The molecule has 3 aromatic rings. The third-order valence-corrected chi connectivity index (χ3v) is 3.59. The van der Waals surface area contributed by atoms with Crippen LogP contribution in [-0.4, -0.2) is 26.2 Å². The second-order valence-corrected chi connectivity index (χ2v) is 5.48. The maximum absolute atomic E-state index is 12.8. The van der Waals surface area contributed by atoms with Crippen molar-refractivity contribution in [3.05, 3.63) is 53.3 Å². The van der Waals surface area contributed by atoms with Gasteiger partial charge in [-0.3, -0.25) is 4.98 Å². The number of nitrogens with one attached hydrogen (secondary N) is 1. The molecule has 11 heteroatoms. The number of hydrogen-bond donors (Lipinski definition) is 3. The number of nitrogens with zero attached hydrogens (tertiary/aromatic N) is 4. The van der Waals surface area contributed by atoms with Gasteiger partial charge in [0.2, 0.25) is 5.89 Å². The fraction of sp³-hybridized carbons (Fsp3) is 0.125. The number of benzene rings is 1. The van der Waals surface area contributed by atoms with Crippen LogP contribution in [0.3, 0.4) is 0 Å². The van der Waals surface area contributed by atoms with Gasteiger partial charge in [0.25, 0.3) is 0 Å². The second-order valence-electron chi connectivity index (χ2n) is 5.48. The van der Waals surface area contributed by atoms with Crippen LogP contribution in [0.1, 0.15) is 16.8 Å². The van der Waals surface area contributed by atoms with Gasteiger partial charge in [-0.25, -0.2) is 0 Å². The summed E-state index contributed by atoms with van der Waals surface area (Å²) >= 11 is 0. The first-order chi connectivity index (χ1) is 12.8. The van der Waals surface area contributed by atoms with E-state index in [0.29, 0.717) is 11.3 Å². The minimum Gasteiger partial charge on any atom is -0.409 e. The molecule has 0 saturated heterocycles. The Kier molecular flexibility index (Phi) is 4.67. The number of aromatic nitrogens is 3. The largest absolute Gasteiger partial charge is 0.416 e. The molecule has 0 unspecified atom stereocenters. The van der Waals surface area contributed by atoms with Gasteiger partial charge in [0.1, 0.15) is 5.69 Å². The monoisotopic (exact) mass is 378 g/mol. The molecule has 4 N–H and O–H groups in total. The topological polar surface area (TPSA) is 122 Å². The molecule has 0 radical (unpaired) electrons. The Morgan fingerprint density at radius 2 is 2.00 bits per heavy atom. The summed E-state index contributed by atoms with van der Waals surface area (Å²) in [6.07, 6.45) is -3.02. The Balaban J connectivity index is 1.78. The van der Waals surface area contributed by atoms with Crippen LogP contribution in [0.4, 0.5) is 24.9 Å². The second kappa shape index (κ2) is 6.94. The van der Waals surface area contributed by atoms with Crippen molar-refractivity contribution in [2.75, 3.05) is 5.32 Å². The summed E-state index contributed by atoms with van der Waals surface area (Å²) in [7, 11) is 0. The van der Waals surface area contributed by atoms with Crippen molar-refractivity contribution < 1.29 is 22.8 Å². The Morgan fingerprint density at radius 3 is 2.59 bits per heavy atom. The predicted octanol–water partition coefficient (Wildman–Crippen LogP) is 3.30. The molecule has 8 nitrogen and oxygen atoms in total. The molecular weight excluding hydrogens is 365 g/mol. The molecule has 0 atom stereocenters. The fourth-order valence-corrected chi connectivity index (χ4v) is 2.30. The van der Waals surface area contributed by atoms with E-state index < -0.39 is 11.7 Å². The van der Waals surface area contributed by atoms with Crippen LogP contribution in [0.25, 0.3) is 11.5 Å². The van der Waals surface area contributed by atoms with E-state index in [1.807, 2.05) is 0 Å². The number of nitrogens with two attached hydrogens (primary N) is 1. The predicted molar refractivity (Wildman–Crippen MR) is 89.5 cm³/mol. The van der Waals surface area contributed by atoms with Crippen LogP contribution in [0.15, 0.2) is 46.1 Å². The van der Waals surface area contributed by atoms with Gasteiger partial charge < -0.3 is 20.7 Å². The van der Waals surface area contributed by atoms with E-state index in [0.717, 1.165) is 6.07 Å². The van der Waals surface area contributed by atoms with Gasteiger partial charge in [-0.05, 0) is 42.8 Å². The van der Waals surface area contributed by atoms with Crippen molar-refractivity contribution in [1.82, 2.24) is 15.2 Å². The lowest BCUT2D eigenvalue weighted by Crippen LogP contribution is -2.14. The number of aryl methyl sites for hydroxylation is 1. The van der Waals surface area contributed by atoms with Gasteiger partial charge in [-0.1, -0.05) is 10.3 Å². The lowest BCUT2D eigenvalue weighted by molar-refractivity contribution is -0.138. The smallest absolute Gasteiger partial charge is 0.409 e. The van der Waals surface area contributed by atoms with Gasteiger partial charge >= 0.3 is 12.2 Å². The first-order valence-corrected chi connectivity index (χ1v) is 7.50. The van der Waals surface area contributed by atoms with Crippen molar-refractivity contribution in [3.8, 4) is 11.5 Å². The number of rotatable bonds is 4. The van der Waals surface area contributed by atoms with Crippen LogP contribution in [0.2, 0.25) is 0 Å². The Morgan fingerprint density at radius 1 is 1.22 bits per heavy atom. The van der Waals surface area contributed by atoms with Crippen molar-refractivity contribution in [3.63, 3.8) is 0 Å². The summed E-state index contributed by atoms with van der Waals surface area (Å²) in [4.78, 5) is 3.98. The standard InChI is InChI=1S/C16H13F3N6O2/c1-8-6-9(2-4-11(8)16(17,18)19)14-23-24-15(27-14)22-10-3-5-12(21-7-10)13(20)25-26/h2-7,26H,1H3,(H2,20,25)(H,22,24). The van der Waals surface area contributed by atoms with E-state index >= 15 is 0 Å². The Hall–Kier alpha value is -3.63. The molecule has 0 saturated carbocycles. The van der Waals surface area contributed by atoms with Gasteiger partial charge in [-0.2, -0.15) is 13.2 Å². The Bertz CT molecular complexity index is 983. The fourth-order valence-electron chi connectivity index (χ4n) is 2.30. The highest BCUT2D eigenvalue weighted by Crippen LogP contribution is 2.34. The molecule has 3 rings (SSSR count). The summed E-state index contributed by atoms with van der Waals surface area (Å²) in [5.74, 6) is -0.0742. The molecule has 27 heavy (non-hydrogen) atoms. The average molecular weight is 378 g/mol. The van der Waals surface area contributed by atoms with E-state index in [-0.39, 0.29) is 29.0 Å². The average Bonchev–Trinajstić information content (AvgIpc) is 3.09. The van der Waals surface area contributed by atoms with Crippen LogP contribution in [0, 0.1) is 6.92 Å². The minimum absolute atomic E-state index is 0.0286. The maximum Gasteiger partial charge on any atom is 0.416 e. The van der Waals surface area contributed by atoms with Gasteiger partial charge in [0.05, 0.1) is 17.4 Å². The molecule has 2 heterocycles.